The van der Waals surface area contributed by atoms with Gasteiger partial charge >= 0.3 is 0 Å². The number of thiazole rings is 1. The summed E-state index contributed by atoms with van der Waals surface area (Å²) in [4.78, 5) is 17.0. The van der Waals surface area contributed by atoms with Crippen molar-refractivity contribution in [2.45, 2.75) is 31.1 Å². The van der Waals surface area contributed by atoms with Gasteiger partial charge in [-0.05, 0) is 48.5 Å². The Labute approximate surface area is 180 Å². The van der Waals surface area contributed by atoms with E-state index in [0.29, 0.717) is 22.1 Å². The van der Waals surface area contributed by atoms with Gasteiger partial charge < -0.3 is 4.74 Å². The highest BCUT2D eigenvalue weighted by Gasteiger charge is 2.19. The first-order valence-electron chi connectivity index (χ1n) is 9.13. The average Bonchev–Trinajstić information content (AvgIpc) is 3.17. The predicted octanol–water partition coefficient (Wildman–Crippen LogP) is 4.50. The van der Waals surface area contributed by atoms with Gasteiger partial charge in [0.1, 0.15) is 5.75 Å². The molecule has 0 radical (unpaired) electrons. The summed E-state index contributed by atoms with van der Waals surface area (Å²) < 4.78 is 32.7. The lowest BCUT2D eigenvalue weighted by molar-refractivity contribution is 0.102. The molecule has 0 aliphatic rings. The van der Waals surface area contributed by atoms with E-state index in [9.17, 15) is 13.2 Å². The molecule has 1 aromatic heterocycles. The van der Waals surface area contributed by atoms with Crippen LogP contribution in [0, 0.1) is 0 Å². The lowest BCUT2D eigenvalue weighted by Crippen LogP contribution is -2.15. The molecule has 2 aromatic carbocycles. The van der Waals surface area contributed by atoms with Crippen LogP contribution in [-0.2, 0) is 15.4 Å². The number of nitrogens with zero attached hydrogens (tertiary/aromatic N) is 1. The molecule has 3 rings (SSSR count). The number of methoxy groups -OCH3 is 1. The predicted molar refractivity (Wildman–Crippen MR) is 119 cm³/mol. The number of carbonyl (C=O) groups is 1. The molecule has 0 atom stereocenters. The molecule has 30 heavy (non-hydrogen) atoms. The van der Waals surface area contributed by atoms with E-state index >= 15 is 0 Å². The molecule has 0 saturated carbocycles. The van der Waals surface area contributed by atoms with Crippen LogP contribution in [0.25, 0.3) is 0 Å². The number of hydrogen-bond acceptors (Lipinski definition) is 6. The molecule has 1 amide bonds. The van der Waals surface area contributed by atoms with Crippen molar-refractivity contribution in [2.24, 2.45) is 0 Å². The van der Waals surface area contributed by atoms with Crippen LogP contribution in [0.2, 0.25) is 0 Å². The van der Waals surface area contributed by atoms with Gasteiger partial charge in [-0.15, -0.1) is 11.3 Å². The highest BCUT2D eigenvalue weighted by molar-refractivity contribution is 7.92. The zero-order chi connectivity index (χ0) is 21.9. The standard InChI is InChI=1S/C21H23N3O4S2/c1-21(2,3)18-13-29-20(22-18)23-19(25)14-5-11-17(12-6-14)30(26,27)24-15-7-9-16(28-4)10-8-15/h5-13,24H,1-4H3,(H,22,23,25). The van der Waals surface area contributed by atoms with E-state index in [1.54, 1.807) is 24.3 Å². The lowest BCUT2D eigenvalue weighted by Gasteiger charge is -2.14. The summed E-state index contributed by atoms with van der Waals surface area (Å²) in [5.41, 5.74) is 1.54. The smallest absolute Gasteiger partial charge is 0.261 e. The first-order valence-corrected chi connectivity index (χ1v) is 11.5. The molecule has 0 spiro atoms. The van der Waals surface area contributed by atoms with Gasteiger partial charge in [-0.2, -0.15) is 0 Å². The van der Waals surface area contributed by atoms with Crippen LogP contribution in [0.3, 0.4) is 0 Å². The third kappa shape index (κ3) is 5.17. The first kappa shape index (κ1) is 21.8. The number of carbonyl (C=O) groups excluding carboxylic acids is 1. The van der Waals surface area contributed by atoms with Crippen LogP contribution in [-0.4, -0.2) is 26.4 Å². The number of hydrogen-bond donors (Lipinski definition) is 2. The van der Waals surface area contributed by atoms with Crippen molar-refractivity contribution in [1.82, 2.24) is 4.98 Å². The fourth-order valence-electron chi connectivity index (χ4n) is 2.50. The highest BCUT2D eigenvalue weighted by atomic mass is 32.2. The van der Waals surface area contributed by atoms with E-state index in [1.165, 1.54) is 42.7 Å². The van der Waals surface area contributed by atoms with E-state index in [4.69, 9.17) is 4.74 Å². The third-order valence-electron chi connectivity index (χ3n) is 4.26. The Morgan fingerprint density at radius 3 is 2.20 bits per heavy atom. The van der Waals surface area contributed by atoms with Gasteiger partial charge in [-0.1, -0.05) is 20.8 Å². The number of nitrogens with one attached hydrogen (secondary N) is 2. The van der Waals surface area contributed by atoms with Gasteiger partial charge in [0.2, 0.25) is 0 Å². The second-order valence-electron chi connectivity index (χ2n) is 7.60. The van der Waals surface area contributed by atoms with Gasteiger partial charge in [-0.25, -0.2) is 13.4 Å². The number of amides is 1. The maximum atomic E-state index is 12.6. The molecule has 7 nitrogen and oxygen atoms in total. The Hall–Kier alpha value is -2.91. The summed E-state index contributed by atoms with van der Waals surface area (Å²) >= 11 is 1.35. The van der Waals surface area contributed by atoms with E-state index in [-0.39, 0.29) is 16.2 Å². The number of anilines is 2. The maximum Gasteiger partial charge on any atom is 0.261 e. The Kier molecular flexibility index (Phi) is 6.14. The highest BCUT2D eigenvalue weighted by Crippen LogP contribution is 2.27. The Morgan fingerprint density at radius 2 is 1.67 bits per heavy atom. The van der Waals surface area contributed by atoms with E-state index in [0.717, 1.165) is 5.69 Å². The van der Waals surface area contributed by atoms with Crippen LogP contribution >= 0.6 is 11.3 Å². The van der Waals surface area contributed by atoms with Crippen molar-refractivity contribution < 1.29 is 17.9 Å². The summed E-state index contributed by atoms with van der Waals surface area (Å²) in [6, 6.07) is 12.3. The van der Waals surface area contributed by atoms with E-state index < -0.39 is 10.0 Å². The fourth-order valence-corrected chi connectivity index (χ4v) is 4.49. The quantitative estimate of drug-likeness (QED) is 0.582. The van der Waals surface area contributed by atoms with Crippen molar-refractivity contribution in [3.05, 3.63) is 65.2 Å². The van der Waals surface area contributed by atoms with Crippen LogP contribution in [0.1, 0.15) is 36.8 Å². The summed E-state index contributed by atoms with van der Waals surface area (Å²) in [5, 5.41) is 5.17. The molecule has 3 aromatic rings. The van der Waals surface area contributed by atoms with Gasteiger partial charge in [0, 0.05) is 22.0 Å². The maximum absolute atomic E-state index is 12.6. The minimum absolute atomic E-state index is 0.0548. The number of sulfonamides is 1. The number of rotatable bonds is 6. The molecule has 2 N–H and O–H groups in total. The molecular formula is C21H23N3O4S2. The SMILES string of the molecule is COc1ccc(NS(=O)(=O)c2ccc(C(=O)Nc3nc(C(C)(C)C)cs3)cc2)cc1. The Bertz CT molecular complexity index is 1130. The van der Waals surface area contributed by atoms with Gasteiger partial charge in [0.05, 0.1) is 17.7 Å². The summed E-state index contributed by atoms with van der Waals surface area (Å²) in [6.07, 6.45) is 0. The zero-order valence-corrected chi connectivity index (χ0v) is 18.7. The van der Waals surface area contributed by atoms with E-state index in [2.05, 4.69) is 15.0 Å². The van der Waals surface area contributed by atoms with Crippen molar-refractivity contribution in [3.8, 4) is 5.75 Å². The van der Waals surface area contributed by atoms with Crippen molar-refractivity contribution in [1.29, 1.82) is 0 Å². The lowest BCUT2D eigenvalue weighted by atomic mass is 9.93. The monoisotopic (exact) mass is 445 g/mol. The van der Waals surface area contributed by atoms with Crippen LogP contribution in [0.5, 0.6) is 5.75 Å². The Morgan fingerprint density at radius 1 is 1.03 bits per heavy atom. The van der Waals surface area contributed by atoms with Crippen LogP contribution < -0.4 is 14.8 Å². The topological polar surface area (TPSA) is 97.4 Å². The molecule has 0 saturated heterocycles. The summed E-state index contributed by atoms with van der Waals surface area (Å²) in [6.45, 7) is 6.15. The summed E-state index contributed by atoms with van der Waals surface area (Å²) in [7, 11) is -2.24. The third-order valence-corrected chi connectivity index (χ3v) is 6.42. The fraction of sp³-hybridized carbons (Fsp3) is 0.238. The van der Waals surface area contributed by atoms with E-state index in [1.807, 2.05) is 26.2 Å². The summed E-state index contributed by atoms with van der Waals surface area (Å²) in [5.74, 6) is 0.278. The van der Waals surface area contributed by atoms with Crippen molar-refractivity contribution in [2.75, 3.05) is 17.1 Å². The number of ether oxygens (including phenoxy) is 1. The van der Waals surface area contributed by atoms with Gasteiger partial charge in [0.15, 0.2) is 5.13 Å². The minimum atomic E-state index is -3.78. The minimum Gasteiger partial charge on any atom is -0.497 e. The molecule has 0 aliphatic carbocycles. The average molecular weight is 446 g/mol. The molecule has 0 aliphatic heterocycles. The second-order valence-corrected chi connectivity index (χ2v) is 10.1. The largest absolute Gasteiger partial charge is 0.497 e. The molecule has 9 heteroatoms. The Balaban J connectivity index is 1.70. The normalized spacial score (nSPS) is 11.7. The van der Waals surface area contributed by atoms with Crippen molar-refractivity contribution >= 4 is 38.1 Å². The molecule has 1 heterocycles. The number of aromatic nitrogens is 1. The molecule has 0 unspecified atom stereocenters. The first-order chi connectivity index (χ1) is 14.1. The molecule has 158 valence electrons. The number of benzene rings is 2. The molecular weight excluding hydrogens is 422 g/mol. The van der Waals surface area contributed by atoms with Crippen LogP contribution in [0.4, 0.5) is 10.8 Å². The van der Waals surface area contributed by atoms with Gasteiger partial charge in [0.25, 0.3) is 15.9 Å². The molecule has 0 fully saturated rings. The molecule has 0 bridgehead atoms. The van der Waals surface area contributed by atoms with Gasteiger partial charge in [-0.3, -0.25) is 14.8 Å². The zero-order valence-electron chi connectivity index (χ0n) is 17.1. The second kappa shape index (κ2) is 8.45. The van der Waals surface area contributed by atoms with Crippen LogP contribution in [0.15, 0.2) is 58.8 Å². The van der Waals surface area contributed by atoms with Crippen molar-refractivity contribution in [3.63, 3.8) is 0 Å².